The summed E-state index contributed by atoms with van der Waals surface area (Å²) >= 11 is 0. The molecule has 2 aliphatic heterocycles. The Bertz CT molecular complexity index is 1320. The maximum absolute atomic E-state index is 11.3. The molecule has 10 nitrogen and oxygen atoms in total. The Morgan fingerprint density at radius 3 is 1.74 bits per heavy atom. The molecule has 4 heterocycles. The van der Waals surface area contributed by atoms with Gasteiger partial charge in [-0.05, 0) is 32.0 Å². The molecular weight excluding hydrogens is 532 g/mol. The van der Waals surface area contributed by atoms with E-state index in [2.05, 4.69) is 30.2 Å². The third kappa shape index (κ3) is 12.2. The summed E-state index contributed by atoms with van der Waals surface area (Å²) < 4.78 is 0. The van der Waals surface area contributed by atoms with Crippen LogP contribution < -0.4 is 0 Å². The zero-order valence-corrected chi connectivity index (χ0v) is 26.6. The maximum atomic E-state index is 11.3. The smallest absolute Gasteiger partial charge is 0.185 e. The number of nitrogens with one attached hydrogen (secondary N) is 2. The normalized spacial score (nSPS) is 13.4. The van der Waals surface area contributed by atoms with Crippen molar-refractivity contribution in [3.8, 4) is 0 Å². The molecule has 0 bridgehead atoms. The van der Waals surface area contributed by atoms with Gasteiger partial charge in [-0.1, -0.05) is 61.5 Å². The van der Waals surface area contributed by atoms with Crippen LogP contribution in [0.2, 0.25) is 0 Å². The molecule has 2 aromatic rings. The topological polar surface area (TPSA) is 150 Å². The minimum absolute atomic E-state index is 0.0256. The highest BCUT2D eigenvalue weighted by Crippen LogP contribution is 2.07. The Labute approximate surface area is 249 Å². The van der Waals surface area contributed by atoms with E-state index in [-0.39, 0.29) is 46.8 Å². The van der Waals surface area contributed by atoms with Gasteiger partial charge in [0.15, 0.2) is 23.1 Å². The highest BCUT2D eigenvalue weighted by Gasteiger charge is 2.18. The standard InChI is InChI=1S/2C8H12N2O.2C8H11NO/c1-5(2)8(11)7-4-9-6(3)10-7;1-5(2)8(11)7-4-6(3)9-10-7;2*1-6(2)8(10)7-4-3-5-9-7/h5H,4H2,1-3H3;4-5H,1-3H3,(H,9,10);3,5-6H,4H2,1-2H3;3-6,9H,1-2H3. The fourth-order valence-corrected chi connectivity index (χ4v) is 3.41. The van der Waals surface area contributed by atoms with Crippen LogP contribution in [0.25, 0.3) is 0 Å². The molecule has 0 saturated carbocycles. The lowest BCUT2D eigenvalue weighted by Crippen LogP contribution is -2.20. The van der Waals surface area contributed by atoms with Gasteiger partial charge in [0, 0.05) is 48.2 Å². The first-order chi connectivity index (χ1) is 19.6. The Kier molecular flexibility index (Phi) is 15.1. The van der Waals surface area contributed by atoms with E-state index < -0.39 is 0 Å². The highest BCUT2D eigenvalue weighted by atomic mass is 16.1. The Hall–Kier alpha value is -4.08. The number of aromatic amines is 2. The van der Waals surface area contributed by atoms with Crippen LogP contribution in [0.1, 0.15) is 95.4 Å². The fraction of sp³-hybridized carbons (Fsp3) is 0.500. The second-order valence-electron chi connectivity index (χ2n) is 11.2. The molecule has 0 spiro atoms. The average molecular weight is 579 g/mol. The molecule has 4 rings (SSSR count). The number of allylic oxidation sites excluding steroid dienone is 1. The van der Waals surface area contributed by atoms with E-state index in [1.54, 1.807) is 31.5 Å². The molecule has 2 aliphatic rings. The van der Waals surface area contributed by atoms with Crippen molar-refractivity contribution in [3.63, 3.8) is 0 Å². The molecule has 0 atom stereocenters. The van der Waals surface area contributed by atoms with Crippen molar-refractivity contribution in [2.75, 3.05) is 6.54 Å². The number of aryl methyl sites for hydroxylation is 1. The van der Waals surface area contributed by atoms with Crippen LogP contribution in [0.15, 0.2) is 51.6 Å². The lowest BCUT2D eigenvalue weighted by atomic mass is 10.0. The molecule has 0 radical (unpaired) electrons. The van der Waals surface area contributed by atoms with E-state index in [1.165, 1.54) is 0 Å². The molecule has 2 N–H and O–H groups in total. The van der Waals surface area contributed by atoms with Gasteiger partial charge in [-0.3, -0.25) is 34.3 Å². The molecule has 10 heteroatoms. The molecule has 0 amide bonds. The zero-order valence-electron chi connectivity index (χ0n) is 26.6. The van der Waals surface area contributed by atoms with Crippen LogP contribution in [-0.2, 0) is 9.59 Å². The number of rotatable bonds is 8. The monoisotopic (exact) mass is 578 g/mol. The van der Waals surface area contributed by atoms with Gasteiger partial charge in [-0.25, -0.2) is 4.99 Å². The third-order valence-electron chi connectivity index (χ3n) is 5.89. The number of nitrogens with zero attached hydrogens (tertiary/aromatic N) is 4. The van der Waals surface area contributed by atoms with E-state index in [1.807, 2.05) is 74.5 Å². The summed E-state index contributed by atoms with van der Waals surface area (Å²) in [5.74, 6) is 1.49. The molecular formula is C32H46N6O4. The number of carbonyl (C=O) groups is 4. The van der Waals surface area contributed by atoms with Crippen molar-refractivity contribution in [1.29, 1.82) is 0 Å². The molecule has 0 aromatic carbocycles. The van der Waals surface area contributed by atoms with Crippen LogP contribution in [0.4, 0.5) is 0 Å². The summed E-state index contributed by atoms with van der Waals surface area (Å²) in [5, 5.41) is 6.60. The summed E-state index contributed by atoms with van der Waals surface area (Å²) in [7, 11) is 0. The minimum Gasteiger partial charge on any atom is -0.359 e. The fourth-order valence-electron chi connectivity index (χ4n) is 3.41. The number of hydrogen-bond acceptors (Lipinski definition) is 8. The number of ketones is 4. The Morgan fingerprint density at radius 1 is 0.786 bits per heavy atom. The molecule has 0 saturated heterocycles. The van der Waals surface area contributed by atoms with Gasteiger partial charge in [0.2, 0.25) is 0 Å². The summed E-state index contributed by atoms with van der Waals surface area (Å²) in [6.45, 7) is 19.2. The van der Waals surface area contributed by atoms with Crippen molar-refractivity contribution in [2.45, 2.75) is 75.7 Å². The van der Waals surface area contributed by atoms with Gasteiger partial charge in [-0.2, -0.15) is 5.10 Å². The summed E-state index contributed by atoms with van der Waals surface area (Å²) in [6.07, 6.45) is 6.07. The van der Waals surface area contributed by atoms with Crippen LogP contribution >= 0.6 is 0 Å². The lowest BCUT2D eigenvalue weighted by molar-refractivity contribution is -0.116. The van der Waals surface area contributed by atoms with Gasteiger partial charge >= 0.3 is 0 Å². The van der Waals surface area contributed by atoms with E-state index in [0.29, 0.717) is 35.2 Å². The zero-order chi connectivity index (χ0) is 32.0. The second-order valence-corrected chi connectivity index (χ2v) is 11.2. The first-order valence-electron chi connectivity index (χ1n) is 14.3. The predicted octanol–water partition coefficient (Wildman–Crippen LogP) is 6.06. The van der Waals surface area contributed by atoms with E-state index in [9.17, 15) is 19.2 Å². The molecule has 42 heavy (non-hydrogen) atoms. The Balaban J connectivity index is 0.000000280. The summed E-state index contributed by atoms with van der Waals surface area (Å²) in [6, 6.07) is 5.39. The summed E-state index contributed by atoms with van der Waals surface area (Å²) in [4.78, 5) is 59.8. The number of amidine groups is 1. The largest absolute Gasteiger partial charge is 0.359 e. The number of hydrogen-bond donors (Lipinski definition) is 2. The first kappa shape index (κ1) is 35.9. The van der Waals surface area contributed by atoms with Gasteiger partial charge in [0.1, 0.15) is 17.2 Å². The number of carbonyl (C=O) groups excluding carboxylic acids is 4. The second kappa shape index (κ2) is 17.7. The van der Waals surface area contributed by atoms with Crippen LogP contribution in [0.5, 0.6) is 0 Å². The van der Waals surface area contributed by atoms with Crippen molar-refractivity contribution in [1.82, 2.24) is 15.2 Å². The molecule has 228 valence electrons. The predicted molar refractivity (Wildman–Crippen MR) is 169 cm³/mol. The van der Waals surface area contributed by atoms with E-state index in [0.717, 1.165) is 12.1 Å². The number of Topliss-reactive ketones (excluding diaryl/α,β-unsaturated/α-hetero) is 4. The average Bonchev–Trinajstić information content (AvgIpc) is 3.76. The lowest BCUT2D eigenvalue weighted by Gasteiger charge is -2.01. The number of aliphatic imine (C=N–C) groups is 3. The third-order valence-corrected chi connectivity index (χ3v) is 5.89. The van der Waals surface area contributed by atoms with Gasteiger partial charge in [0.05, 0.1) is 18.0 Å². The summed E-state index contributed by atoms with van der Waals surface area (Å²) in [5.41, 5.74) is 3.48. The van der Waals surface area contributed by atoms with Crippen LogP contribution in [0.3, 0.4) is 0 Å². The van der Waals surface area contributed by atoms with Gasteiger partial charge in [-0.15, -0.1) is 0 Å². The number of H-pyrrole nitrogens is 2. The Morgan fingerprint density at radius 2 is 1.36 bits per heavy atom. The molecule has 0 aliphatic carbocycles. The number of aromatic nitrogens is 3. The molecule has 0 fully saturated rings. The first-order valence-corrected chi connectivity index (χ1v) is 14.3. The quantitative estimate of drug-likeness (QED) is 0.365. The van der Waals surface area contributed by atoms with Crippen molar-refractivity contribution < 1.29 is 19.2 Å². The van der Waals surface area contributed by atoms with E-state index >= 15 is 0 Å². The van der Waals surface area contributed by atoms with Crippen molar-refractivity contribution in [3.05, 3.63) is 53.8 Å². The van der Waals surface area contributed by atoms with Crippen LogP contribution in [-0.4, -0.2) is 62.1 Å². The van der Waals surface area contributed by atoms with Crippen LogP contribution in [0, 0.1) is 30.6 Å². The molecule has 0 unspecified atom stereocenters. The molecule has 2 aromatic heterocycles. The highest BCUT2D eigenvalue weighted by molar-refractivity contribution is 6.44. The van der Waals surface area contributed by atoms with E-state index in [4.69, 9.17) is 0 Å². The maximum Gasteiger partial charge on any atom is 0.185 e. The van der Waals surface area contributed by atoms with Gasteiger partial charge in [0.25, 0.3) is 0 Å². The van der Waals surface area contributed by atoms with Gasteiger partial charge < -0.3 is 4.98 Å². The minimum atomic E-state index is 0.0256. The van der Waals surface area contributed by atoms with Crippen molar-refractivity contribution in [2.24, 2.45) is 38.6 Å². The SMILES string of the molecule is CC(C)C(=O)C1=NC=CC1.CC(C)C(=O)c1ccc[nH]1.CC1=NCC(C(=O)C(C)C)=N1.Cc1cc(C(=O)C(C)C)n[nH]1. The van der Waals surface area contributed by atoms with Crippen molar-refractivity contribution >= 4 is 40.4 Å².